The van der Waals surface area contributed by atoms with Crippen molar-refractivity contribution in [1.29, 1.82) is 0 Å². The predicted octanol–water partition coefficient (Wildman–Crippen LogP) is -2.20. The van der Waals surface area contributed by atoms with Crippen molar-refractivity contribution in [2.75, 3.05) is 0 Å². The first-order chi connectivity index (χ1) is 3.13. The maximum atomic E-state index is 9.83. The van der Waals surface area contributed by atoms with Crippen molar-refractivity contribution in [3.63, 3.8) is 0 Å². The topological polar surface area (TPSA) is 57.2 Å². The van der Waals surface area contributed by atoms with Gasteiger partial charge in [0.25, 0.3) is 0 Å². The van der Waals surface area contributed by atoms with Crippen molar-refractivity contribution in [2.24, 2.45) is 0 Å². The number of carboxylic acid groups (broad SMARTS) is 1. The Morgan fingerprint density at radius 3 is 1.88 bits per heavy atom. The van der Waals surface area contributed by atoms with E-state index in [1.807, 2.05) is 0 Å². The number of hydrogen-bond donors (Lipinski definition) is 0. The van der Waals surface area contributed by atoms with E-state index >= 15 is 0 Å². The van der Waals surface area contributed by atoms with Gasteiger partial charge < -0.3 is 9.90 Å². The zero-order chi connectivity index (χ0) is 5.86. The third-order valence-corrected chi connectivity index (χ3v) is 0.393. The van der Waals surface area contributed by atoms with Crippen LogP contribution in [0.15, 0.2) is 0 Å². The molecule has 0 N–H and O–H groups in total. The molecule has 0 aliphatic carbocycles. The van der Waals surface area contributed by atoms with Crippen LogP contribution in [0.25, 0.3) is 0 Å². The SMILES string of the molecule is CC(=O)CC(=O)[O-].[GaH2+]. The van der Waals surface area contributed by atoms with Crippen LogP contribution < -0.4 is 5.11 Å². The van der Waals surface area contributed by atoms with Crippen LogP contribution >= 0.6 is 0 Å². The summed E-state index contributed by atoms with van der Waals surface area (Å²) < 4.78 is 0. The second kappa shape index (κ2) is 4.92. The fraction of sp³-hybridized carbons (Fsp3) is 0.500. The van der Waals surface area contributed by atoms with Gasteiger partial charge in [-0.15, -0.1) is 0 Å². The maximum absolute atomic E-state index is 9.83. The van der Waals surface area contributed by atoms with Crippen LogP contribution in [0.4, 0.5) is 0 Å². The molecule has 0 rings (SSSR count). The monoisotopic (exact) mass is 172 g/mol. The van der Waals surface area contributed by atoms with E-state index in [0.717, 1.165) is 0 Å². The third kappa shape index (κ3) is 9.24. The van der Waals surface area contributed by atoms with Crippen molar-refractivity contribution in [3.8, 4) is 0 Å². The Morgan fingerprint density at radius 1 is 1.50 bits per heavy atom. The van der Waals surface area contributed by atoms with Crippen LogP contribution in [-0.2, 0) is 9.59 Å². The van der Waals surface area contributed by atoms with Gasteiger partial charge in [0, 0.05) is 12.4 Å². The number of ketones is 1. The van der Waals surface area contributed by atoms with Gasteiger partial charge in [-0.1, -0.05) is 0 Å². The molecule has 0 aliphatic heterocycles. The summed E-state index contributed by atoms with van der Waals surface area (Å²) in [7, 11) is 0. The Morgan fingerprint density at radius 2 is 1.88 bits per heavy atom. The predicted molar refractivity (Wildman–Crippen MR) is 28.8 cm³/mol. The molecule has 0 radical (unpaired) electrons. The Hall–Kier alpha value is -0.224. The molecule has 8 heavy (non-hydrogen) atoms. The van der Waals surface area contributed by atoms with E-state index in [1.165, 1.54) is 6.92 Å². The summed E-state index contributed by atoms with van der Waals surface area (Å²) in [5, 5.41) is 9.48. The van der Waals surface area contributed by atoms with Crippen LogP contribution in [0, 0.1) is 0 Å². The standard InChI is InChI=1S/C4H6O3.Ga.2H/c1-3(5)2-4(6)7;;;/h2H2,1H3,(H,6,7);;;/q;+1;;/p-1. The normalized spacial score (nSPS) is 7.12. The van der Waals surface area contributed by atoms with E-state index in [2.05, 4.69) is 0 Å². The Bertz CT molecular complexity index is 87.5. The van der Waals surface area contributed by atoms with Crippen LogP contribution in [0.2, 0.25) is 0 Å². The molecule has 0 fully saturated rings. The number of aliphatic carboxylic acids is 1. The van der Waals surface area contributed by atoms with E-state index in [9.17, 15) is 14.7 Å². The average molecular weight is 173 g/mol. The van der Waals surface area contributed by atoms with Crippen LogP contribution in [0.3, 0.4) is 0 Å². The van der Waals surface area contributed by atoms with Gasteiger partial charge in [-0.05, 0) is 6.92 Å². The molecular formula is C4H7GaO3. The minimum atomic E-state index is -1.31. The molecule has 0 aromatic heterocycles. The van der Waals surface area contributed by atoms with E-state index in [-0.39, 0.29) is 25.6 Å². The van der Waals surface area contributed by atoms with Crippen LogP contribution in [0.1, 0.15) is 13.3 Å². The van der Waals surface area contributed by atoms with Gasteiger partial charge in [-0.25, -0.2) is 0 Å². The molecule has 0 aliphatic rings. The number of rotatable bonds is 2. The molecular weight excluding hydrogens is 166 g/mol. The van der Waals surface area contributed by atoms with Crippen molar-refractivity contribution in [1.82, 2.24) is 0 Å². The fourth-order valence-electron chi connectivity index (χ4n) is 0.203. The fourth-order valence-corrected chi connectivity index (χ4v) is 0.203. The number of carbonyl (C=O) groups is 2. The van der Waals surface area contributed by atoms with Crippen LogP contribution in [0.5, 0.6) is 0 Å². The molecule has 4 heteroatoms. The third-order valence-electron chi connectivity index (χ3n) is 0.393. The molecule has 0 heterocycles. The summed E-state index contributed by atoms with van der Waals surface area (Å²) in [6.07, 6.45) is -0.472. The minimum absolute atomic E-state index is 0. The average Bonchev–Trinajstić information content (AvgIpc) is 1.27. The molecule has 0 unspecified atom stereocenters. The molecule has 3 nitrogen and oxygen atoms in total. The van der Waals surface area contributed by atoms with Crippen molar-refractivity contribution < 1.29 is 14.7 Å². The first kappa shape index (κ1) is 10.7. The summed E-state index contributed by atoms with van der Waals surface area (Å²) in [6.45, 7) is 1.20. The van der Waals surface area contributed by atoms with Gasteiger partial charge in [-0.2, -0.15) is 0 Å². The summed E-state index contributed by atoms with van der Waals surface area (Å²) in [6, 6.07) is 0. The van der Waals surface area contributed by atoms with Gasteiger partial charge in [0.15, 0.2) is 0 Å². The molecule has 0 amide bonds. The molecule has 0 atom stereocenters. The Balaban J connectivity index is 0. The zero-order valence-corrected chi connectivity index (χ0v) is 9.13. The molecule has 0 saturated heterocycles. The van der Waals surface area contributed by atoms with Gasteiger partial charge in [0.05, 0.1) is 0 Å². The van der Waals surface area contributed by atoms with Gasteiger partial charge in [0.2, 0.25) is 0 Å². The zero-order valence-electron chi connectivity index (χ0n) is 4.93. The van der Waals surface area contributed by atoms with E-state index in [4.69, 9.17) is 0 Å². The van der Waals surface area contributed by atoms with Crippen molar-refractivity contribution in [3.05, 3.63) is 0 Å². The molecule has 0 aromatic carbocycles. The second-order valence-corrected chi connectivity index (χ2v) is 1.25. The van der Waals surface area contributed by atoms with Gasteiger partial charge >= 0.3 is 19.8 Å². The Labute approximate surface area is 60.1 Å². The van der Waals surface area contributed by atoms with Crippen LogP contribution in [-0.4, -0.2) is 31.5 Å². The van der Waals surface area contributed by atoms with Gasteiger partial charge in [0.1, 0.15) is 5.78 Å². The number of hydrogen-bond acceptors (Lipinski definition) is 3. The summed E-state index contributed by atoms with van der Waals surface area (Å²) in [4.78, 5) is 19.3. The molecule has 0 spiro atoms. The molecule has 0 bridgehead atoms. The number of carboxylic acids is 1. The van der Waals surface area contributed by atoms with E-state index in [1.54, 1.807) is 0 Å². The van der Waals surface area contributed by atoms with E-state index < -0.39 is 12.4 Å². The first-order valence-electron chi connectivity index (χ1n) is 1.82. The molecule has 0 saturated carbocycles. The number of Topliss-reactive ketones (excluding diaryl/α,β-unsaturated/α-hetero) is 1. The first-order valence-corrected chi connectivity index (χ1v) is 1.82. The molecule has 44 valence electrons. The van der Waals surface area contributed by atoms with Gasteiger partial charge in [-0.3, -0.25) is 4.79 Å². The quantitative estimate of drug-likeness (QED) is 0.351. The summed E-state index contributed by atoms with van der Waals surface area (Å²) >= 11 is 0. The summed E-state index contributed by atoms with van der Waals surface area (Å²) in [5.74, 6) is -1.69. The Kier molecular flexibility index (Phi) is 6.59. The van der Waals surface area contributed by atoms with E-state index in [0.29, 0.717) is 0 Å². The second-order valence-electron chi connectivity index (χ2n) is 1.25. The van der Waals surface area contributed by atoms with Crippen molar-refractivity contribution in [2.45, 2.75) is 13.3 Å². The van der Waals surface area contributed by atoms with Crippen molar-refractivity contribution >= 4 is 31.5 Å². The summed E-state index contributed by atoms with van der Waals surface area (Å²) in [5.41, 5.74) is 0. The number of carbonyl (C=O) groups excluding carboxylic acids is 2. The molecule has 0 aromatic rings.